The lowest BCUT2D eigenvalue weighted by Gasteiger charge is -2.01. The lowest BCUT2D eigenvalue weighted by molar-refractivity contribution is 0.218. The Labute approximate surface area is 187 Å². The van der Waals surface area contributed by atoms with Crippen LogP contribution in [0.3, 0.4) is 0 Å². The van der Waals surface area contributed by atoms with Crippen LogP contribution < -0.4 is 0 Å². The Morgan fingerprint density at radius 1 is 0.429 bits per heavy atom. The van der Waals surface area contributed by atoms with Gasteiger partial charge in [0.2, 0.25) is 0 Å². The molecule has 0 aromatic carbocycles. The molecule has 6 heteroatoms. The number of hydrogen-bond donors (Lipinski definition) is 2. The molecular formula is C22H46O3PS2+. The molecule has 0 aromatic heterocycles. The van der Waals surface area contributed by atoms with Gasteiger partial charge in [-0.1, -0.05) is 89.9 Å². The van der Waals surface area contributed by atoms with Crippen molar-refractivity contribution in [1.29, 1.82) is 0 Å². The normalized spacial score (nSPS) is 11.2. The second-order valence-corrected chi connectivity index (χ2v) is 9.56. The van der Waals surface area contributed by atoms with E-state index in [1.807, 2.05) is 0 Å². The average Bonchev–Trinajstić information content (AvgIpc) is 2.70. The lowest BCUT2D eigenvalue weighted by Crippen LogP contribution is -1.92. The molecule has 0 N–H and O–H groups in total. The van der Waals surface area contributed by atoms with Gasteiger partial charge < -0.3 is 0 Å². The Morgan fingerprint density at radius 2 is 0.679 bits per heavy atom. The molecule has 168 valence electrons. The molecule has 0 aliphatic carbocycles. The van der Waals surface area contributed by atoms with Crippen LogP contribution >= 0.6 is 33.5 Å². The largest absolute Gasteiger partial charge is 0.697 e. The van der Waals surface area contributed by atoms with Crippen molar-refractivity contribution in [2.45, 2.75) is 116 Å². The highest BCUT2D eigenvalue weighted by atomic mass is 32.1. The fraction of sp³-hybridized carbons (Fsp3) is 1.00. The number of hydrogen-bond acceptors (Lipinski definition) is 5. The zero-order valence-corrected chi connectivity index (χ0v) is 20.8. The summed E-state index contributed by atoms with van der Waals surface area (Å²) < 4.78 is 22.2. The molecular weight excluding hydrogens is 407 g/mol. The van der Waals surface area contributed by atoms with Crippen LogP contribution in [0.5, 0.6) is 0 Å². The first-order chi connectivity index (χ1) is 13.8. The molecule has 0 radical (unpaired) electrons. The Kier molecular flexibility index (Phi) is 26.4. The maximum absolute atomic E-state index is 11.7. The monoisotopic (exact) mass is 453 g/mol. The second-order valence-electron chi connectivity index (χ2n) is 7.70. The Bertz CT molecular complexity index is 292. The van der Waals surface area contributed by atoms with Crippen molar-refractivity contribution in [2.75, 3.05) is 24.7 Å². The molecule has 0 heterocycles. The first kappa shape index (κ1) is 28.7. The van der Waals surface area contributed by atoms with Crippen LogP contribution in [0.1, 0.15) is 116 Å². The summed E-state index contributed by atoms with van der Waals surface area (Å²) in [6.07, 6.45) is 22.6. The van der Waals surface area contributed by atoms with Crippen molar-refractivity contribution in [2.24, 2.45) is 0 Å². The quantitative estimate of drug-likeness (QED) is 0.0872. The highest BCUT2D eigenvalue weighted by Crippen LogP contribution is 2.25. The molecule has 0 rings (SSSR count). The molecule has 0 amide bonds. The Hall–Kier alpha value is 0.720. The zero-order valence-electron chi connectivity index (χ0n) is 18.1. The lowest BCUT2D eigenvalue weighted by atomic mass is 10.1. The van der Waals surface area contributed by atoms with Crippen LogP contribution in [0.4, 0.5) is 0 Å². The number of thiol groups is 2. The van der Waals surface area contributed by atoms with Gasteiger partial charge in [0.1, 0.15) is 13.2 Å². The fourth-order valence-electron chi connectivity index (χ4n) is 3.22. The van der Waals surface area contributed by atoms with Crippen LogP contribution in [-0.4, -0.2) is 24.7 Å². The van der Waals surface area contributed by atoms with E-state index < -0.39 is 8.25 Å². The highest BCUT2D eigenvalue weighted by Gasteiger charge is 2.18. The van der Waals surface area contributed by atoms with Crippen LogP contribution in [-0.2, 0) is 13.6 Å². The van der Waals surface area contributed by atoms with Gasteiger partial charge in [-0.3, -0.25) is 0 Å². The first-order valence-corrected chi connectivity index (χ1v) is 14.1. The van der Waals surface area contributed by atoms with E-state index in [1.165, 1.54) is 89.9 Å². The Morgan fingerprint density at radius 3 is 0.964 bits per heavy atom. The van der Waals surface area contributed by atoms with Gasteiger partial charge >= 0.3 is 8.25 Å². The molecule has 0 bridgehead atoms. The van der Waals surface area contributed by atoms with Gasteiger partial charge in [-0.05, 0) is 37.2 Å². The van der Waals surface area contributed by atoms with Gasteiger partial charge in [0.25, 0.3) is 0 Å². The second kappa shape index (κ2) is 25.8. The maximum atomic E-state index is 11.7. The summed E-state index contributed by atoms with van der Waals surface area (Å²) in [6.45, 7) is 1.12. The summed E-state index contributed by atoms with van der Waals surface area (Å²) in [5.74, 6) is 2.03. The van der Waals surface area contributed by atoms with E-state index in [0.29, 0.717) is 13.2 Å². The van der Waals surface area contributed by atoms with Gasteiger partial charge in [0.05, 0.1) is 0 Å². The van der Waals surface area contributed by atoms with Gasteiger partial charge in [-0.2, -0.15) is 25.3 Å². The number of unbranched alkanes of at least 4 members (excludes halogenated alkanes) is 16. The van der Waals surface area contributed by atoms with Crippen molar-refractivity contribution < 1.29 is 13.6 Å². The molecule has 0 saturated heterocycles. The summed E-state index contributed by atoms with van der Waals surface area (Å²) >= 11 is 8.47. The standard InChI is InChI=1S/C22H45O3PS2/c23-26(24-19-15-11-7-3-1-5-9-13-17-21-27)25-20-16-12-8-4-2-6-10-14-18-22-28/h1-22H2,(H-,27,28)/p+1. The number of rotatable bonds is 24. The third kappa shape index (κ3) is 24.8. The molecule has 0 unspecified atom stereocenters. The van der Waals surface area contributed by atoms with Gasteiger partial charge in [-0.25, -0.2) is 0 Å². The minimum Gasteiger partial charge on any atom is -0.179 e. The molecule has 0 aliphatic heterocycles. The van der Waals surface area contributed by atoms with E-state index >= 15 is 0 Å². The van der Waals surface area contributed by atoms with E-state index in [9.17, 15) is 4.57 Å². The van der Waals surface area contributed by atoms with Crippen molar-refractivity contribution in [1.82, 2.24) is 0 Å². The van der Waals surface area contributed by atoms with Crippen LogP contribution in [0.2, 0.25) is 0 Å². The smallest absolute Gasteiger partial charge is 0.179 e. The SMILES string of the molecule is O=[P+](OCCCCCCCCCCCS)OCCCCCCCCCCCS. The van der Waals surface area contributed by atoms with Crippen molar-refractivity contribution in [3.05, 3.63) is 0 Å². The highest BCUT2D eigenvalue weighted by molar-refractivity contribution is 7.80. The Balaban J connectivity index is 3.13. The average molecular weight is 454 g/mol. The predicted octanol–water partition coefficient (Wildman–Crippen LogP) is 8.56. The molecule has 0 aliphatic rings. The fourth-order valence-corrected chi connectivity index (χ4v) is 4.30. The topological polar surface area (TPSA) is 35.5 Å². The van der Waals surface area contributed by atoms with E-state index in [-0.39, 0.29) is 0 Å². The molecule has 0 fully saturated rings. The van der Waals surface area contributed by atoms with Crippen LogP contribution in [0.25, 0.3) is 0 Å². The van der Waals surface area contributed by atoms with E-state index in [2.05, 4.69) is 25.3 Å². The summed E-state index contributed by atoms with van der Waals surface area (Å²) in [6, 6.07) is 0. The van der Waals surface area contributed by atoms with Gasteiger partial charge in [0.15, 0.2) is 0 Å². The summed E-state index contributed by atoms with van der Waals surface area (Å²) in [5.41, 5.74) is 0. The molecule has 28 heavy (non-hydrogen) atoms. The van der Waals surface area contributed by atoms with E-state index in [1.54, 1.807) is 0 Å². The predicted molar refractivity (Wildman–Crippen MR) is 130 cm³/mol. The summed E-state index contributed by atoms with van der Waals surface area (Å²) in [4.78, 5) is 0. The zero-order chi connectivity index (χ0) is 20.5. The van der Waals surface area contributed by atoms with Crippen LogP contribution in [0.15, 0.2) is 0 Å². The third-order valence-electron chi connectivity index (χ3n) is 5.00. The molecule has 0 saturated carbocycles. The van der Waals surface area contributed by atoms with Crippen molar-refractivity contribution in [3.8, 4) is 0 Å². The molecule has 3 nitrogen and oxygen atoms in total. The van der Waals surface area contributed by atoms with Gasteiger partial charge in [-0.15, -0.1) is 9.05 Å². The van der Waals surface area contributed by atoms with Gasteiger partial charge in [0, 0.05) is 4.57 Å². The minimum absolute atomic E-state index is 0.560. The molecule has 0 aromatic rings. The van der Waals surface area contributed by atoms with E-state index in [4.69, 9.17) is 9.05 Å². The molecule has 0 atom stereocenters. The third-order valence-corrected chi connectivity index (χ3v) is 6.42. The molecule has 0 spiro atoms. The first-order valence-electron chi connectivity index (χ1n) is 11.8. The summed E-state index contributed by atoms with van der Waals surface area (Å²) in [7, 11) is -1.92. The summed E-state index contributed by atoms with van der Waals surface area (Å²) in [5, 5.41) is 0. The van der Waals surface area contributed by atoms with Crippen molar-refractivity contribution in [3.63, 3.8) is 0 Å². The van der Waals surface area contributed by atoms with Crippen LogP contribution in [0, 0.1) is 0 Å². The van der Waals surface area contributed by atoms with E-state index in [0.717, 1.165) is 37.2 Å². The maximum Gasteiger partial charge on any atom is 0.697 e. The minimum atomic E-state index is -1.92. The van der Waals surface area contributed by atoms with Crippen molar-refractivity contribution >= 4 is 33.5 Å².